The van der Waals surface area contributed by atoms with Gasteiger partial charge in [0.05, 0.1) is 21.2 Å². The number of nitro benzene ring substituents is 1. The Hall–Kier alpha value is -1.62. The van der Waals surface area contributed by atoms with Crippen molar-refractivity contribution in [1.29, 1.82) is 0 Å². The van der Waals surface area contributed by atoms with E-state index in [1.165, 1.54) is 6.26 Å². The van der Waals surface area contributed by atoms with Crippen LogP contribution in [0.1, 0.15) is 0 Å². The molecule has 0 fully saturated rings. The molecule has 0 unspecified atom stereocenters. The van der Waals surface area contributed by atoms with E-state index in [2.05, 4.69) is 15.9 Å². The molecule has 2 rings (SSSR count). The van der Waals surface area contributed by atoms with Crippen molar-refractivity contribution in [3.8, 4) is 11.3 Å². The van der Waals surface area contributed by atoms with E-state index >= 15 is 0 Å². The Morgan fingerprint density at radius 3 is 2.67 bits per heavy atom. The largest absolute Gasteiger partial charge is 0.464 e. The van der Waals surface area contributed by atoms with Crippen LogP contribution < -0.4 is 0 Å². The highest BCUT2D eigenvalue weighted by atomic mass is 79.9. The van der Waals surface area contributed by atoms with Crippen LogP contribution in [-0.2, 0) is 0 Å². The third-order valence-corrected chi connectivity index (χ3v) is 2.60. The third-order valence-electron chi connectivity index (χ3n) is 1.96. The summed E-state index contributed by atoms with van der Waals surface area (Å²) < 4.78 is 5.59. The molecule has 1 heterocycles. The average Bonchev–Trinajstić information content (AvgIpc) is 2.69. The summed E-state index contributed by atoms with van der Waals surface area (Å²) in [5.41, 5.74) is 0.492. The van der Waals surface area contributed by atoms with Gasteiger partial charge in [-0.2, -0.15) is 0 Å². The third kappa shape index (κ3) is 1.78. The highest BCUT2D eigenvalue weighted by Gasteiger charge is 2.20. The van der Waals surface area contributed by atoms with Gasteiger partial charge in [0.15, 0.2) is 0 Å². The summed E-state index contributed by atoms with van der Waals surface area (Å²) in [4.78, 5) is 10.4. The molecule has 0 atom stereocenters. The molecule has 2 aromatic rings. The van der Waals surface area contributed by atoms with E-state index in [4.69, 9.17) is 4.42 Å². The van der Waals surface area contributed by atoms with Crippen molar-refractivity contribution in [3.05, 3.63) is 51.2 Å². The van der Waals surface area contributed by atoms with Gasteiger partial charge in [-0.25, -0.2) is 0 Å². The first kappa shape index (κ1) is 9.92. The smallest absolute Gasteiger partial charge is 0.294 e. The molecule has 0 saturated carbocycles. The fraction of sp³-hybridized carbons (Fsp3) is 0. The van der Waals surface area contributed by atoms with Gasteiger partial charge < -0.3 is 4.42 Å². The van der Waals surface area contributed by atoms with Gasteiger partial charge in [0.1, 0.15) is 5.76 Å². The predicted molar refractivity (Wildman–Crippen MR) is 58.5 cm³/mol. The van der Waals surface area contributed by atoms with Crippen LogP contribution in [0.3, 0.4) is 0 Å². The predicted octanol–water partition coefficient (Wildman–Crippen LogP) is 3.62. The molecule has 1 aromatic carbocycles. The molecule has 1 aromatic heterocycles. The molecule has 4 nitrogen and oxygen atoms in total. The van der Waals surface area contributed by atoms with E-state index in [-0.39, 0.29) is 5.69 Å². The summed E-state index contributed by atoms with van der Waals surface area (Å²) in [6.45, 7) is 0. The first-order valence-corrected chi connectivity index (χ1v) is 4.96. The Kier molecular flexibility index (Phi) is 2.55. The number of nitrogens with zero attached hydrogens (tertiary/aromatic N) is 1. The van der Waals surface area contributed by atoms with Crippen molar-refractivity contribution in [1.82, 2.24) is 0 Å². The first-order chi connectivity index (χ1) is 7.20. The van der Waals surface area contributed by atoms with Crippen LogP contribution in [0.15, 0.2) is 45.5 Å². The van der Waals surface area contributed by atoms with E-state index in [1.807, 2.05) is 0 Å². The first-order valence-electron chi connectivity index (χ1n) is 4.17. The zero-order chi connectivity index (χ0) is 10.8. The summed E-state index contributed by atoms with van der Waals surface area (Å²) in [5, 5.41) is 10.9. The number of hydrogen-bond acceptors (Lipinski definition) is 3. The van der Waals surface area contributed by atoms with E-state index in [9.17, 15) is 10.1 Å². The van der Waals surface area contributed by atoms with Gasteiger partial charge in [-0.3, -0.25) is 10.1 Å². The quantitative estimate of drug-likeness (QED) is 0.617. The summed E-state index contributed by atoms with van der Waals surface area (Å²) in [6, 6.07) is 8.40. The van der Waals surface area contributed by atoms with Gasteiger partial charge in [-0.15, -0.1) is 0 Å². The Balaban J connectivity index is 2.66. The standard InChI is InChI=1S/C10H6BrNO3/c11-8-4-1-3-7(10(8)12(13)14)9-5-2-6-15-9/h1-6H. The fourth-order valence-electron chi connectivity index (χ4n) is 1.33. The van der Waals surface area contributed by atoms with Gasteiger partial charge in [-0.1, -0.05) is 6.07 Å². The maximum atomic E-state index is 10.9. The number of nitro groups is 1. The second-order valence-corrected chi connectivity index (χ2v) is 3.72. The number of furan rings is 1. The SMILES string of the molecule is O=[N+]([O-])c1c(Br)cccc1-c1ccco1. The van der Waals surface area contributed by atoms with Crippen LogP contribution in [0.4, 0.5) is 5.69 Å². The Bertz CT molecular complexity index is 493. The number of rotatable bonds is 2. The molecule has 0 amide bonds. The normalized spacial score (nSPS) is 10.2. The molecule has 0 bridgehead atoms. The highest BCUT2D eigenvalue weighted by Crippen LogP contribution is 2.35. The fourth-order valence-corrected chi connectivity index (χ4v) is 1.84. The summed E-state index contributed by atoms with van der Waals surface area (Å²) in [7, 11) is 0. The van der Waals surface area contributed by atoms with Crippen LogP contribution in [0.5, 0.6) is 0 Å². The Morgan fingerprint density at radius 2 is 2.07 bits per heavy atom. The van der Waals surface area contributed by atoms with Crippen molar-refractivity contribution in [3.63, 3.8) is 0 Å². The number of hydrogen-bond donors (Lipinski definition) is 0. The summed E-state index contributed by atoms with van der Waals surface area (Å²) in [6.07, 6.45) is 1.49. The van der Waals surface area contributed by atoms with Gasteiger partial charge in [-0.05, 0) is 40.2 Å². The maximum Gasteiger partial charge on any atom is 0.294 e. The second-order valence-electron chi connectivity index (χ2n) is 2.87. The van der Waals surface area contributed by atoms with E-state index in [1.54, 1.807) is 30.3 Å². The van der Waals surface area contributed by atoms with Crippen molar-refractivity contribution in [2.75, 3.05) is 0 Å². The van der Waals surface area contributed by atoms with Gasteiger partial charge in [0, 0.05) is 0 Å². The summed E-state index contributed by atoms with van der Waals surface area (Å²) >= 11 is 3.15. The lowest BCUT2D eigenvalue weighted by atomic mass is 10.1. The minimum atomic E-state index is -0.429. The lowest BCUT2D eigenvalue weighted by Gasteiger charge is -2.00. The van der Waals surface area contributed by atoms with E-state index in [0.29, 0.717) is 15.8 Å². The number of benzene rings is 1. The van der Waals surface area contributed by atoms with Crippen LogP contribution in [0, 0.1) is 10.1 Å². The van der Waals surface area contributed by atoms with Crippen LogP contribution in [-0.4, -0.2) is 4.92 Å². The molecular weight excluding hydrogens is 262 g/mol. The van der Waals surface area contributed by atoms with Crippen LogP contribution in [0.25, 0.3) is 11.3 Å². The van der Waals surface area contributed by atoms with Gasteiger partial charge >= 0.3 is 0 Å². The molecule has 0 radical (unpaired) electrons. The molecule has 0 aliphatic rings. The second kappa shape index (κ2) is 3.86. The molecule has 76 valence electrons. The Labute approximate surface area is 93.8 Å². The van der Waals surface area contributed by atoms with E-state index < -0.39 is 4.92 Å². The minimum absolute atomic E-state index is 0.0208. The minimum Gasteiger partial charge on any atom is -0.464 e. The maximum absolute atomic E-state index is 10.9. The van der Waals surface area contributed by atoms with Crippen LogP contribution in [0.2, 0.25) is 0 Å². The molecule has 0 saturated heterocycles. The average molecular weight is 268 g/mol. The summed E-state index contributed by atoms with van der Waals surface area (Å²) in [5.74, 6) is 0.489. The topological polar surface area (TPSA) is 56.3 Å². The zero-order valence-electron chi connectivity index (χ0n) is 7.51. The lowest BCUT2D eigenvalue weighted by Crippen LogP contribution is -1.92. The van der Waals surface area contributed by atoms with Crippen molar-refractivity contribution in [2.45, 2.75) is 0 Å². The molecule has 0 spiro atoms. The molecular formula is C10H6BrNO3. The highest BCUT2D eigenvalue weighted by molar-refractivity contribution is 9.10. The molecule has 0 aliphatic heterocycles. The molecule has 0 N–H and O–H groups in total. The van der Waals surface area contributed by atoms with Crippen molar-refractivity contribution >= 4 is 21.6 Å². The lowest BCUT2D eigenvalue weighted by molar-refractivity contribution is -0.385. The van der Waals surface area contributed by atoms with Crippen molar-refractivity contribution < 1.29 is 9.34 Å². The molecule has 5 heteroatoms. The van der Waals surface area contributed by atoms with Gasteiger partial charge in [0.25, 0.3) is 5.69 Å². The molecule has 0 aliphatic carbocycles. The van der Waals surface area contributed by atoms with Crippen LogP contribution >= 0.6 is 15.9 Å². The van der Waals surface area contributed by atoms with Crippen molar-refractivity contribution in [2.24, 2.45) is 0 Å². The number of halogens is 1. The van der Waals surface area contributed by atoms with E-state index in [0.717, 1.165) is 0 Å². The molecule has 15 heavy (non-hydrogen) atoms. The Morgan fingerprint density at radius 1 is 1.27 bits per heavy atom. The zero-order valence-corrected chi connectivity index (χ0v) is 9.10. The monoisotopic (exact) mass is 267 g/mol. The number of para-hydroxylation sites is 1. The van der Waals surface area contributed by atoms with Gasteiger partial charge in [0.2, 0.25) is 0 Å².